The van der Waals surface area contributed by atoms with Gasteiger partial charge in [-0.1, -0.05) is 6.07 Å². The summed E-state index contributed by atoms with van der Waals surface area (Å²) < 4.78 is 41.6. The third-order valence-electron chi connectivity index (χ3n) is 4.76. The van der Waals surface area contributed by atoms with Gasteiger partial charge >= 0.3 is 6.18 Å². The van der Waals surface area contributed by atoms with Gasteiger partial charge in [0.15, 0.2) is 0 Å². The van der Waals surface area contributed by atoms with Gasteiger partial charge in [-0.05, 0) is 47.9 Å². The molecule has 1 aliphatic rings. The largest absolute Gasteiger partial charge is 0.416 e. The molecular weight excluding hydrogens is 367 g/mol. The van der Waals surface area contributed by atoms with E-state index in [-0.39, 0.29) is 18.6 Å². The first-order valence-corrected chi connectivity index (χ1v) is 8.68. The van der Waals surface area contributed by atoms with Crippen LogP contribution in [0.3, 0.4) is 0 Å². The minimum absolute atomic E-state index is 0.221. The molecule has 0 spiro atoms. The normalized spacial score (nSPS) is 13.0. The van der Waals surface area contributed by atoms with Gasteiger partial charge in [0.25, 0.3) is 5.56 Å². The molecule has 142 valence electrons. The Hall–Kier alpha value is -3.22. The monoisotopic (exact) mass is 383 g/mol. The zero-order valence-electron chi connectivity index (χ0n) is 15.0. The van der Waals surface area contributed by atoms with Crippen LogP contribution in [0.15, 0.2) is 58.6 Å². The van der Waals surface area contributed by atoms with Gasteiger partial charge in [-0.25, -0.2) is 0 Å². The number of halogens is 3. The Morgan fingerprint density at radius 3 is 2.68 bits per heavy atom. The third-order valence-corrected chi connectivity index (χ3v) is 4.76. The quantitative estimate of drug-likeness (QED) is 0.680. The SMILES string of the molecule is Cc1cc(=O)n(Cc2ccccn2)cc1-c1cc(C(F)(F)F)cc2c1C=NC2. The van der Waals surface area contributed by atoms with Crippen molar-refractivity contribution in [3.8, 4) is 11.1 Å². The molecule has 0 aliphatic carbocycles. The van der Waals surface area contributed by atoms with E-state index < -0.39 is 11.7 Å². The summed E-state index contributed by atoms with van der Waals surface area (Å²) in [6.45, 7) is 2.18. The van der Waals surface area contributed by atoms with E-state index in [1.807, 2.05) is 6.07 Å². The molecule has 0 fully saturated rings. The summed E-state index contributed by atoms with van der Waals surface area (Å²) >= 11 is 0. The van der Waals surface area contributed by atoms with Crippen molar-refractivity contribution in [2.75, 3.05) is 0 Å². The van der Waals surface area contributed by atoms with Crippen LogP contribution in [0.25, 0.3) is 11.1 Å². The molecule has 7 heteroatoms. The molecule has 0 saturated carbocycles. The Morgan fingerprint density at radius 2 is 1.96 bits per heavy atom. The summed E-state index contributed by atoms with van der Waals surface area (Å²) in [5.74, 6) is 0. The summed E-state index contributed by atoms with van der Waals surface area (Å²) in [5.41, 5.74) is 2.56. The van der Waals surface area contributed by atoms with E-state index in [1.54, 1.807) is 37.7 Å². The maximum absolute atomic E-state index is 13.4. The van der Waals surface area contributed by atoms with Crippen LogP contribution in [-0.4, -0.2) is 15.8 Å². The standard InChI is InChI=1S/C21H16F3N3O/c1-13-6-20(28)27(11-16-4-2-3-5-26-16)12-19(13)17-8-15(21(22,23)24)7-14-9-25-10-18(14)17/h2-8,10,12H,9,11H2,1H3. The lowest BCUT2D eigenvalue weighted by molar-refractivity contribution is -0.137. The number of fused-ring (bicyclic) bond motifs is 1. The van der Waals surface area contributed by atoms with E-state index in [2.05, 4.69) is 9.98 Å². The molecule has 4 rings (SSSR count). The molecule has 1 aromatic carbocycles. The molecule has 0 radical (unpaired) electrons. The number of pyridine rings is 2. The molecule has 0 bridgehead atoms. The summed E-state index contributed by atoms with van der Waals surface area (Å²) in [5, 5.41) is 0. The Morgan fingerprint density at radius 1 is 1.14 bits per heavy atom. The minimum atomic E-state index is -4.46. The number of rotatable bonds is 3. The van der Waals surface area contributed by atoms with E-state index in [0.717, 1.165) is 12.1 Å². The number of hydrogen-bond acceptors (Lipinski definition) is 3. The first kappa shape index (κ1) is 18.2. The molecule has 2 aromatic heterocycles. The Kier molecular flexibility index (Phi) is 4.37. The van der Waals surface area contributed by atoms with Crippen molar-refractivity contribution in [3.05, 3.63) is 87.1 Å². The molecule has 0 N–H and O–H groups in total. The predicted molar refractivity (Wildman–Crippen MR) is 101 cm³/mol. The summed E-state index contributed by atoms with van der Waals surface area (Å²) in [7, 11) is 0. The van der Waals surface area contributed by atoms with Crippen LogP contribution in [0.1, 0.15) is 27.9 Å². The fourth-order valence-corrected chi connectivity index (χ4v) is 3.36. The number of aromatic nitrogens is 2. The second kappa shape index (κ2) is 6.74. The van der Waals surface area contributed by atoms with Crippen LogP contribution in [0, 0.1) is 6.92 Å². The lowest BCUT2D eigenvalue weighted by atomic mass is 9.93. The fourth-order valence-electron chi connectivity index (χ4n) is 3.36. The number of alkyl halides is 3. The lowest BCUT2D eigenvalue weighted by Gasteiger charge is -2.16. The average Bonchev–Trinajstić information content (AvgIpc) is 3.12. The lowest BCUT2D eigenvalue weighted by Crippen LogP contribution is -2.21. The van der Waals surface area contributed by atoms with Crippen LogP contribution in [-0.2, 0) is 19.3 Å². The first-order chi connectivity index (χ1) is 13.3. The van der Waals surface area contributed by atoms with Gasteiger partial charge < -0.3 is 4.57 Å². The van der Waals surface area contributed by atoms with Crippen LogP contribution in [0.4, 0.5) is 13.2 Å². The molecule has 0 amide bonds. The van der Waals surface area contributed by atoms with E-state index in [0.29, 0.717) is 33.5 Å². The highest BCUT2D eigenvalue weighted by atomic mass is 19.4. The first-order valence-electron chi connectivity index (χ1n) is 8.68. The molecule has 0 saturated heterocycles. The minimum Gasteiger partial charge on any atom is -0.309 e. The van der Waals surface area contributed by atoms with Crippen LogP contribution >= 0.6 is 0 Å². The maximum atomic E-state index is 13.4. The second-order valence-corrected chi connectivity index (χ2v) is 6.72. The maximum Gasteiger partial charge on any atom is 0.416 e. The second-order valence-electron chi connectivity index (χ2n) is 6.72. The van der Waals surface area contributed by atoms with Crippen molar-refractivity contribution in [1.29, 1.82) is 0 Å². The Bertz CT molecular complexity index is 1130. The molecule has 1 aliphatic heterocycles. The van der Waals surface area contributed by atoms with Crippen molar-refractivity contribution in [2.45, 2.75) is 26.2 Å². The Labute approximate surface area is 159 Å². The average molecular weight is 383 g/mol. The smallest absolute Gasteiger partial charge is 0.309 e. The van der Waals surface area contributed by atoms with E-state index in [4.69, 9.17) is 0 Å². The molecule has 0 atom stereocenters. The number of aryl methyl sites for hydroxylation is 1. The number of aliphatic imine (C=N–C) groups is 1. The number of nitrogens with zero attached hydrogens (tertiary/aromatic N) is 3. The van der Waals surface area contributed by atoms with Crippen molar-refractivity contribution >= 4 is 6.21 Å². The van der Waals surface area contributed by atoms with Gasteiger partial charge in [-0.3, -0.25) is 14.8 Å². The summed E-state index contributed by atoms with van der Waals surface area (Å²) in [4.78, 5) is 20.8. The highest BCUT2D eigenvalue weighted by Crippen LogP contribution is 2.37. The van der Waals surface area contributed by atoms with Crippen molar-refractivity contribution < 1.29 is 13.2 Å². The van der Waals surface area contributed by atoms with Gasteiger partial charge in [-0.15, -0.1) is 0 Å². The van der Waals surface area contributed by atoms with Crippen LogP contribution in [0.5, 0.6) is 0 Å². The topological polar surface area (TPSA) is 47.2 Å². The Balaban J connectivity index is 1.88. The predicted octanol–water partition coefficient (Wildman–Crippen LogP) is 4.22. The van der Waals surface area contributed by atoms with E-state index in [1.165, 1.54) is 10.6 Å². The summed E-state index contributed by atoms with van der Waals surface area (Å²) in [6, 6.07) is 9.10. The van der Waals surface area contributed by atoms with Crippen molar-refractivity contribution in [2.24, 2.45) is 4.99 Å². The van der Waals surface area contributed by atoms with Gasteiger partial charge in [-0.2, -0.15) is 13.2 Å². The van der Waals surface area contributed by atoms with Gasteiger partial charge in [0.1, 0.15) is 0 Å². The molecule has 0 unspecified atom stereocenters. The van der Waals surface area contributed by atoms with Crippen molar-refractivity contribution in [1.82, 2.24) is 9.55 Å². The zero-order valence-corrected chi connectivity index (χ0v) is 15.0. The fraction of sp³-hybridized carbons (Fsp3) is 0.190. The van der Waals surface area contributed by atoms with Gasteiger partial charge in [0.2, 0.25) is 0 Å². The van der Waals surface area contributed by atoms with E-state index >= 15 is 0 Å². The summed E-state index contributed by atoms with van der Waals surface area (Å²) in [6.07, 6.45) is 0.376. The van der Waals surface area contributed by atoms with Crippen LogP contribution in [0.2, 0.25) is 0 Å². The molecule has 3 heterocycles. The zero-order chi connectivity index (χ0) is 19.9. The molecule has 3 aromatic rings. The number of hydrogen-bond donors (Lipinski definition) is 0. The molecule has 28 heavy (non-hydrogen) atoms. The van der Waals surface area contributed by atoms with Gasteiger partial charge in [0.05, 0.1) is 24.3 Å². The van der Waals surface area contributed by atoms with Crippen LogP contribution < -0.4 is 5.56 Å². The highest BCUT2D eigenvalue weighted by Gasteiger charge is 2.33. The molecular formula is C21H16F3N3O. The van der Waals surface area contributed by atoms with Gasteiger partial charge in [0, 0.05) is 35.8 Å². The van der Waals surface area contributed by atoms with Crippen molar-refractivity contribution in [3.63, 3.8) is 0 Å². The van der Waals surface area contributed by atoms with E-state index in [9.17, 15) is 18.0 Å². The molecule has 4 nitrogen and oxygen atoms in total. The highest BCUT2D eigenvalue weighted by molar-refractivity contribution is 5.94. The third kappa shape index (κ3) is 3.35. The number of benzene rings is 1.